The molecular formula is C11H7ClF3N5O2. The van der Waals surface area contributed by atoms with Crippen LogP contribution in [0.15, 0.2) is 24.5 Å². The van der Waals surface area contributed by atoms with Gasteiger partial charge in [-0.05, 0) is 18.2 Å². The number of anilines is 2. The smallest absolute Gasteiger partial charge is 0.317 e. The molecule has 0 spiro atoms. The van der Waals surface area contributed by atoms with Crippen molar-refractivity contribution in [2.75, 3.05) is 10.6 Å². The van der Waals surface area contributed by atoms with Crippen molar-refractivity contribution in [3.05, 3.63) is 35.1 Å². The monoisotopic (exact) mass is 333 g/mol. The Balaban J connectivity index is 2.16. The molecule has 1 aromatic carbocycles. The predicted molar refractivity (Wildman–Crippen MR) is 70.1 cm³/mol. The van der Waals surface area contributed by atoms with Gasteiger partial charge in [-0.25, -0.2) is 5.10 Å². The minimum absolute atomic E-state index is 0.118. The maximum absolute atomic E-state index is 12.9. The Labute approximate surface area is 125 Å². The van der Waals surface area contributed by atoms with Crippen LogP contribution in [0.4, 0.5) is 24.8 Å². The van der Waals surface area contributed by atoms with Crippen molar-refractivity contribution < 1.29 is 22.8 Å². The molecule has 22 heavy (non-hydrogen) atoms. The minimum atomic E-state index is -4.74. The van der Waals surface area contributed by atoms with Crippen LogP contribution in [-0.4, -0.2) is 27.0 Å². The molecule has 1 aromatic heterocycles. The Morgan fingerprint density at radius 2 is 1.86 bits per heavy atom. The zero-order chi connectivity index (χ0) is 16.3. The molecule has 3 N–H and O–H groups in total. The minimum Gasteiger partial charge on any atom is -0.317 e. The molecule has 0 atom stereocenters. The molecule has 0 saturated carbocycles. The van der Waals surface area contributed by atoms with Gasteiger partial charge >= 0.3 is 18.0 Å². The molecule has 2 rings (SSSR count). The number of nitrogens with one attached hydrogen (secondary N) is 3. The van der Waals surface area contributed by atoms with E-state index >= 15 is 0 Å². The highest BCUT2D eigenvalue weighted by Gasteiger charge is 2.34. The number of H-pyrrole nitrogens is 1. The first-order valence-electron chi connectivity index (χ1n) is 5.62. The lowest BCUT2D eigenvalue weighted by Crippen LogP contribution is -2.30. The van der Waals surface area contributed by atoms with E-state index in [9.17, 15) is 22.8 Å². The van der Waals surface area contributed by atoms with Crippen LogP contribution in [0, 0.1) is 0 Å². The summed E-state index contributed by atoms with van der Waals surface area (Å²) in [5.41, 5.74) is -1.75. The van der Waals surface area contributed by atoms with Crippen molar-refractivity contribution in [3.63, 3.8) is 0 Å². The van der Waals surface area contributed by atoms with Gasteiger partial charge in [0.2, 0.25) is 5.95 Å². The average Bonchev–Trinajstić information content (AvgIpc) is 2.92. The number of benzene rings is 1. The van der Waals surface area contributed by atoms with Crippen LogP contribution >= 0.6 is 11.6 Å². The van der Waals surface area contributed by atoms with E-state index in [2.05, 4.69) is 15.2 Å². The van der Waals surface area contributed by atoms with Gasteiger partial charge in [-0.2, -0.15) is 23.3 Å². The molecular weight excluding hydrogens is 327 g/mol. The third kappa shape index (κ3) is 3.73. The van der Waals surface area contributed by atoms with Crippen LogP contribution in [-0.2, 0) is 15.8 Å². The zero-order valence-corrected chi connectivity index (χ0v) is 11.3. The topological polar surface area (TPSA) is 99.8 Å². The Kier molecular flexibility index (Phi) is 4.31. The predicted octanol–water partition coefficient (Wildman–Crippen LogP) is 2.05. The van der Waals surface area contributed by atoms with E-state index in [-0.39, 0.29) is 11.0 Å². The highest BCUT2D eigenvalue weighted by atomic mass is 35.5. The molecule has 0 aliphatic rings. The molecule has 0 fully saturated rings. The number of rotatable bonds is 2. The normalized spacial score (nSPS) is 11.1. The summed E-state index contributed by atoms with van der Waals surface area (Å²) in [5.74, 6) is -2.63. The molecule has 116 valence electrons. The quantitative estimate of drug-likeness (QED) is 0.732. The van der Waals surface area contributed by atoms with Crippen LogP contribution in [0.3, 0.4) is 0 Å². The van der Waals surface area contributed by atoms with Gasteiger partial charge in [-0.1, -0.05) is 11.6 Å². The van der Waals surface area contributed by atoms with Gasteiger partial charge in [0.25, 0.3) is 0 Å². The molecule has 0 bridgehead atoms. The lowest BCUT2D eigenvalue weighted by molar-refractivity contribution is -0.137. The fourth-order valence-electron chi connectivity index (χ4n) is 1.47. The van der Waals surface area contributed by atoms with Crippen molar-refractivity contribution in [2.24, 2.45) is 0 Å². The number of amides is 2. The molecule has 0 aliphatic carbocycles. The summed E-state index contributed by atoms with van der Waals surface area (Å²) in [6, 6.07) is 2.75. The van der Waals surface area contributed by atoms with Gasteiger partial charge < -0.3 is 5.32 Å². The van der Waals surface area contributed by atoms with Crippen molar-refractivity contribution in [1.82, 2.24) is 15.2 Å². The molecule has 1 heterocycles. The largest absolute Gasteiger partial charge is 0.418 e. The Morgan fingerprint density at radius 3 is 2.45 bits per heavy atom. The molecule has 0 radical (unpaired) electrons. The van der Waals surface area contributed by atoms with Crippen molar-refractivity contribution in [2.45, 2.75) is 6.18 Å². The highest BCUT2D eigenvalue weighted by molar-refractivity contribution is 6.43. The molecule has 0 saturated heterocycles. The van der Waals surface area contributed by atoms with E-state index in [1.807, 2.05) is 10.6 Å². The fourth-order valence-corrected chi connectivity index (χ4v) is 1.64. The number of hydrogen-bond donors (Lipinski definition) is 3. The number of hydrogen-bond acceptors (Lipinski definition) is 4. The first kappa shape index (κ1) is 15.8. The standard InChI is InChI=1S/C11H7ClF3N5O2/c12-5-1-2-7(6(3-5)11(13,14)15)18-8(21)9(22)19-10-16-4-17-20-10/h1-4H,(H,18,21)(H2,16,17,19,20,22). The van der Waals surface area contributed by atoms with Gasteiger partial charge in [0, 0.05) is 5.02 Å². The summed E-state index contributed by atoms with van der Waals surface area (Å²) in [7, 11) is 0. The number of alkyl halides is 3. The molecule has 0 aliphatic heterocycles. The highest BCUT2D eigenvalue weighted by Crippen LogP contribution is 2.36. The molecule has 2 amide bonds. The molecule has 11 heteroatoms. The summed E-state index contributed by atoms with van der Waals surface area (Å²) < 4.78 is 38.6. The van der Waals surface area contributed by atoms with Crippen LogP contribution in [0.1, 0.15) is 5.56 Å². The van der Waals surface area contributed by atoms with Gasteiger partial charge in [0.15, 0.2) is 0 Å². The maximum atomic E-state index is 12.9. The van der Waals surface area contributed by atoms with Gasteiger partial charge in [0.05, 0.1) is 11.3 Å². The summed E-state index contributed by atoms with van der Waals surface area (Å²) in [4.78, 5) is 26.7. The molecule has 0 unspecified atom stereocenters. The zero-order valence-electron chi connectivity index (χ0n) is 10.5. The number of halogens is 4. The van der Waals surface area contributed by atoms with E-state index in [0.29, 0.717) is 6.07 Å². The fraction of sp³-hybridized carbons (Fsp3) is 0.0909. The second kappa shape index (κ2) is 6.02. The van der Waals surface area contributed by atoms with E-state index in [1.54, 1.807) is 0 Å². The first-order valence-corrected chi connectivity index (χ1v) is 5.99. The summed E-state index contributed by atoms with van der Waals surface area (Å²) in [6.45, 7) is 0. The van der Waals surface area contributed by atoms with Crippen LogP contribution < -0.4 is 10.6 Å². The summed E-state index contributed by atoms with van der Waals surface area (Å²) in [5, 5.41) is 9.42. The third-order valence-electron chi connectivity index (χ3n) is 2.39. The van der Waals surface area contributed by atoms with Gasteiger partial charge in [0.1, 0.15) is 6.33 Å². The van der Waals surface area contributed by atoms with Crippen LogP contribution in [0.5, 0.6) is 0 Å². The van der Waals surface area contributed by atoms with Crippen LogP contribution in [0.2, 0.25) is 5.02 Å². The summed E-state index contributed by atoms with van der Waals surface area (Å²) >= 11 is 5.51. The number of aromatic nitrogens is 3. The molecule has 2 aromatic rings. The second-order valence-electron chi connectivity index (χ2n) is 3.93. The van der Waals surface area contributed by atoms with Crippen molar-refractivity contribution in [3.8, 4) is 0 Å². The van der Waals surface area contributed by atoms with Crippen molar-refractivity contribution in [1.29, 1.82) is 0 Å². The Hall–Kier alpha value is -2.62. The SMILES string of the molecule is O=C(Nc1ncn[nH]1)C(=O)Nc1ccc(Cl)cc1C(F)(F)F. The summed E-state index contributed by atoms with van der Waals surface area (Å²) in [6.07, 6.45) is -3.66. The number of nitrogens with zero attached hydrogens (tertiary/aromatic N) is 2. The number of carbonyl (C=O) groups excluding carboxylic acids is 2. The number of carbonyl (C=O) groups is 2. The van der Waals surface area contributed by atoms with E-state index < -0.39 is 29.2 Å². The second-order valence-corrected chi connectivity index (χ2v) is 4.37. The third-order valence-corrected chi connectivity index (χ3v) is 2.62. The van der Waals surface area contributed by atoms with E-state index in [1.165, 1.54) is 0 Å². The first-order chi connectivity index (χ1) is 10.3. The van der Waals surface area contributed by atoms with Crippen molar-refractivity contribution >= 4 is 35.1 Å². The van der Waals surface area contributed by atoms with Gasteiger partial charge in [-0.15, -0.1) is 0 Å². The molecule has 7 nitrogen and oxygen atoms in total. The Bertz CT molecular complexity index is 702. The van der Waals surface area contributed by atoms with E-state index in [4.69, 9.17) is 11.6 Å². The lowest BCUT2D eigenvalue weighted by atomic mass is 10.1. The van der Waals surface area contributed by atoms with E-state index in [0.717, 1.165) is 18.5 Å². The average molecular weight is 334 g/mol. The van der Waals surface area contributed by atoms with Crippen LogP contribution in [0.25, 0.3) is 0 Å². The van der Waals surface area contributed by atoms with Gasteiger partial charge in [-0.3, -0.25) is 14.9 Å². The Morgan fingerprint density at radius 1 is 1.18 bits per heavy atom. The lowest BCUT2D eigenvalue weighted by Gasteiger charge is -2.13. The maximum Gasteiger partial charge on any atom is 0.418 e. The number of aromatic amines is 1.